The third kappa shape index (κ3) is 6.21. The van der Waals surface area contributed by atoms with Gasteiger partial charge >= 0.3 is 0 Å². The zero-order valence-corrected chi connectivity index (χ0v) is 20.1. The molecule has 0 amide bonds. The molecular formula is C22H27IN6S. The van der Waals surface area contributed by atoms with Crippen molar-refractivity contribution in [2.24, 2.45) is 4.99 Å². The van der Waals surface area contributed by atoms with Crippen LogP contribution in [0.25, 0.3) is 5.82 Å². The number of imidazole rings is 1. The van der Waals surface area contributed by atoms with Crippen LogP contribution in [0.4, 0.5) is 0 Å². The van der Waals surface area contributed by atoms with Crippen LogP contribution in [0.3, 0.4) is 0 Å². The second-order valence-corrected chi connectivity index (χ2v) is 8.68. The van der Waals surface area contributed by atoms with E-state index in [0.717, 1.165) is 30.4 Å². The van der Waals surface area contributed by atoms with Gasteiger partial charge in [-0.25, -0.2) is 15.0 Å². The average molecular weight is 534 g/mol. The lowest BCUT2D eigenvalue weighted by molar-refractivity contribution is 0.769. The summed E-state index contributed by atoms with van der Waals surface area (Å²) in [7, 11) is 0. The van der Waals surface area contributed by atoms with E-state index in [1.165, 1.54) is 17.7 Å². The maximum Gasteiger partial charge on any atom is 0.191 e. The molecule has 1 fully saturated rings. The van der Waals surface area contributed by atoms with Gasteiger partial charge in [0.05, 0.1) is 6.54 Å². The maximum atomic E-state index is 4.78. The van der Waals surface area contributed by atoms with Crippen LogP contribution in [-0.2, 0) is 6.54 Å². The molecule has 0 spiro atoms. The second-order valence-electron chi connectivity index (χ2n) is 7.14. The van der Waals surface area contributed by atoms with Crippen molar-refractivity contribution < 1.29 is 0 Å². The van der Waals surface area contributed by atoms with Crippen LogP contribution in [-0.4, -0.2) is 38.3 Å². The molecule has 3 aromatic rings. The summed E-state index contributed by atoms with van der Waals surface area (Å²) in [6, 6.07) is 14.7. The molecule has 0 bridgehead atoms. The molecule has 8 heteroatoms. The van der Waals surface area contributed by atoms with Crippen LogP contribution < -0.4 is 10.6 Å². The number of aromatic nitrogens is 3. The van der Waals surface area contributed by atoms with Crippen molar-refractivity contribution in [2.45, 2.75) is 36.0 Å². The Labute approximate surface area is 199 Å². The van der Waals surface area contributed by atoms with Crippen molar-refractivity contribution in [3.05, 3.63) is 72.9 Å². The first-order valence-corrected chi connectivity index (χ1v) is 10.8. The number of halogens is 1. The lowest BCUT2D eigenvalue weighted by Gasteiger charge is -2.18. The van der Waals surface area contributed by atoms with Gasteiger partial charge in [-0.3, -0.25) is 4.57 Å². The minimum atomic E-state index is 0. The molecule has 4 rings (SSSR count). The summed E-state index contributed by atoms with van der Waals surface area (Å²) in [5.74, 6) is 1.71. The monoisotopic (exact) mass is 534 g/mol. The lowest BCUT2D eigenvalue weighted by atomic mass is 10.2. The predicted octanol–water partition coefficient (Wildman–Crippen LogP) is 4.27. The van der Waals surface area contributed by atoms with Gasteiger partial charge in [0.25, 0.3) is 0 Å². The van der Waals surface area contributed by atoms with E-state index in [0.29, 0.717) is 6.54 Å². The molecule has 0 aliphatic heterocycles. The largest absolute Gasteiger partial charge is 0.357 e. The Morgan fingerprint density at radius 2 is 2.00 bits per heavy atom. The molecule has 30 heavy (non-hydrogen) atoms. The standard InChI is InChI=1S/C22H26N6S.HI/c1-2-24-21(27-16-22(9-10-22)29-19-6-4-3-5-7-19)26-15-18-8-11-25-20(14-18)28-13-12-23-17-28;/h3-8,11-14,17H,2,9-10,15-16H2,1H3,(H2,24,26,27);1H. The first-order chi connectivity index (χ1) is 14.3. The normalized spacial score (nSPS) is 14.6. The van der Waals surface area contributed by atoms with Gasteiger partial charge in [0, 0.05) is 41.3 Å². The molecule has 0 unspecified atom stereocenters. The van der Waals surface area contributed by atoms with Crippen molar-refractivity contribution in [3.63, 3.8) is 0 Å². The highest BCUT2D eigenvalue weighted by atomic mass is 127. The molecule has 0 atom stereocenters. The summed E-state index contributed by atoms with van der Waals surface area (Å²) in [6.45, 7) is 4.43. The highest BCUT2D eigenvalue weighted by Gasteiger charge is 2.43. The number of pyridine rings is 1. The van der Waals surface area contributed by atoms with Crippen molar-refractivity contribution in [2.75, 3.05) is 13.1 Å². The molecule has 6 nitrogen and oxygen atoms in total. The number of guanidine groups is 1. The first-order valence-electron chi connectivity index (χ1n) is 9.96. The zero-order chi connectivity index (χ0) is 19.9. The minimum Gasteiger partial charge on any atom is -0.357 e. The average Bonchev–Trinajstić information content (AvgIpc) is 3.29. The molecular weight excluding hydrogens is 507 g/mol. The van der Waals surface area contributed by atoms with Crippen LogP contribution in [0.15, 0.2) is 77.3 Å². The van der Waals surface area contributed by atoms with E-state index >= 15 is 0 Å². The van der Waals surface area contributed by atoms with Crippen molar-refractivity contribution in [3.8, 4) is 5.82 Å². The van der Waals surface area contributed by atoms with Gasteiger partial charge in [0.2, 0.25) is 0 Å². The van der Waals surface area contributed by atoms with Gasteiger partial charge in [-0.2, -0.15) is 0 Å². The topological polar surface area (TPSA) is 67.1 Å². The van der Waals surface area contributed by atoms with Gasteiger partial charge < -0.3 is 10.6 Å². The number of aliphatic imine (C=N–C) groups is 1. The molecule has 1 aromatic carbocycles. The van der Waals surface area contributed by atoms with Crippen LogP contribution in [0.1, 0.15) is 25.3 Å². The van der Waals surface area contributed by atoms with E-state index < -0.39 is 0 Å². The number of nitrogens with one attached hydrogen (secondary N) is 2. The number of hydrogen-bond donors (Lipinski definition) is 2. The highest BCUT2D eigenvalue weighted by molar-refractivity contribution is 14.0. The number of nitrogens with zero attached hydrogens (tertiary/aromatic N) is 4. The van der Waals surface area contributed by atoms with Gasteiger partial charge in [-0.1, -0.05) is 18.2 Å². The third-order valence-electron chi connectivity index (χ3n) is 4.81. The lowest BCUT2D eigenvalue weighted by Crippen LogP contribution is -2.41. The maximum absolute atomic E-state index is 4.78. The molecule has 2 heterocycles. The van der Waals surface area contributed by atoms with Crippen LogP contribution in [0.5, 0.6) is 0 Å². The summed E-state index contributed by atoms with van der Waals surface area (Å²) in [5, 5.41) is 6.90. The Hall–Kier alpha value is -2.07. The summed E-state index contributed by atoms with van der Waals surface area (Å²) in [6.07, 6.45) is 9.67. The minimum absolute atomic E-state index is 0. The van der Waals surface area contributed by atoms with Crippen LogP contribution >= 0.6 is 35.7 Å². The van der Waals surface area contributed by atoms with E-state index in [-0.39, 0.29) is 28.7 Å². The van der Waals surface area contributed by atoms with Crippen LogP contribution in [0.2, 0.25) is 0 Å². The Morgan fingerprint density at radius 1 is 1.17 bits per heavy atom. The number of rotatable bonds is 8. The van der Waals surface area contributed by atoms with Gasteiger partial charge in [0.1, 0.15) is 12.1 Å². The van der Waals surface area contributed by atoms with Crippen molar-refractivity contribution in [1.82, 2.24) is 25.2 Å². The van der Waals surface area contributed by atoms with Gasteiger partial charge in [-0.05, 0) is 49.6 Å². The van der Waals surface area contributed by atoms with Gasteiger partial charge in [-0.15, -0.1) is 35.7 Å². The molecule has 2 N–H and O–H groups in total. The van der Waals surface area contributed by atoms with Crippen molar-refractivity contribution >= 4 is 41.7 Å². The Kier molecular flexibility index (Phi) is 8.15. The predicted molar refractivity (Wildman–Crippen MR) is 134 cm³/mol. The summed E-state index contributed by atoms with van der Waals surface area (Å²) < 4.78 is 2.18. The second kappa shape index (κ2) is 10.8. The quantitative estimate of drug-likeness (QED) is 0.257. The number of thioether (sulfide) groups is 1. The molecule has 158 valence electrons. The zero-order valence-electron chi connectivity index (χ0n) is 17.0. The van der Waals surface area contributed by atoms with E-state index in [1.54, 1.807) is 12.5 Å². The first kappa shape index (κ1) is 22.6. The summed E-state index contributed by atoms with van der Waals surface area (Å²) >= 11 is 1.97. The molecule has 0 saturated heterocycles. The fourth-order valence-electron chi connectivity index (χ4n) is 3.04. The molecule has 2 aromatic heterocycles. The van der Waals surface area contributed by atoms with E-state index in [4.69, 9.17) is 4.99 Å². The fraction of sp³-hybridized carbons (Fsp3) is 0.318. The van der Waals surface area contributed by atoms with E-state index in [2.05, 4.69) is 57.9 Å². The smallest absolute Gasteiger partial charge is 0.191 e. The number of hydrogen-bond acceptors (Lipinski definition) is 4. The van der Waals surface area contributed by atoms with E-state index in [9.17, 15) is 0 Å². The van der Waals surface area contributed by atoms with Crippen LogP contribution in [0, 0.1) is 0 Å². The SMILES string of the molecule is CCNC(=NCc1ccnc(-n2ccnc2)c1)NCC1(Sc2ccccc2)CC1.I. The summed E-state index contributed by atoms with van der Waals surface area (Å²) in [5.41, 5.74) is 1.11. The Balaban J connectivity index is 0.00000256. The van der Waals surface area contributed by atoms with E-state index in [1.807, 2.05) is 40.9 Å². The Morgan fingerprint density at radius 3 is 2.70 bits per heavy atom. The number of benzene rings is 1. The third-order valence-corrected chi connectivity index (χ3v) is 6.30. The Bertz CT molecular complexity index is 941. The fourth-order valence-corrected chi connectivity index (χ4v) is 4.29. The molecule has 1 saturated carbocycles. The van der Waals surface area contributed by atoms with Gasteiger partial charge in [0.15, 0.2) is 5.96 Å². The van der Waals surface area contributed by atoms with Crippen molar-refractivity contribution in [1.29, 1.82) is 0 Å². The molecule has 0 radical (unpaired) electrons. The summed E-state index contributed by atoms with van der Waals surface area (Å²) in [4.78, 5) is 14.6. The molecule has 1 aliphatic carbocycles. The molecule has 1 aliphatic rings. The highest BCUT2D eigenvalue weighted by Crippen LogP contribution is 2.51.